The lowest BCUT2D eigenvalue weighted by atomic mass is 10.1. The minimum absolute atomic E-state index is 0.0381. The van der Waals surface area contributed by atoms with Crippen molar-refractivity contribution in [2.45, 2.75) is 20.0 Å². The summed E-state index contributed by atoms with van der Waals surface area (Å²) in [5.41, 5.74) is 0.621. The first kappa shape index (κ1) is 15.1. The molecule has 0 atom stereocenters. The molecule has 1 aliphatic rings. The Kier molecular flexibility index (Phi) is 4.89. The second-order valence-electron chi connectivity index (χ2n) is 5.41. The standard InChI is InChI=1S/C15H21ClN2O2/c1-11(2)20-14-5-4-12(10-13(14)16)15(19)18-8-6-17(3)7-9-18/h4-5,10-11H,6-9H2,1-3H3. The summed E-state index contributed by atoms with van der Waals surface area (Å²) in [7, 11) is 2.07. The minimum Gasteiger partial charge on any atom is -0.489 e. The van der Waals surface area contributed by atoms with Crippen molar-refractivity contribution in [3.05, 3.63) is 28.8 Å². The van der Waals surface area contributed by atoms with Gasteiger partial charge in [0.05, 0.1) is 11.1 Å². The molecule has 1 aromatic carbocycles. The Balaban J connectivity index is 2.09. The van der Waals surface area contributed by atoms with Crippen LogP contribution in [-0.2, 0) is 0 Å². The van der Waals surface area contributed by atoms with Gasteiger partial charge in [-0.05, 0) is 39.1 Å². The maximum absolute atomic E-state index is 12.4. The van der Waals surface area contributed by atoms with Crippen LogP contribution < -0.4 is 4.74 Å². The van der Waals surface area contributed by atoms with Gasteiger partial charge in [0.1, 0.15) is 5.75 Å². The van der Waals surface area contributed by atoms with Gasteiger partial charge in [-0.2, -0.15) is 0 Å². The number of piperazine rings is 1. The van der Waals surface area contributed by atoms with Crippen LogP contribution in [0.5, 0.6) is 5.75 Å². The summed E-state index contributed by atoms with van der Waals surface area (Å²) in [5, 5.41) is 0.485. The van der Waals surface area contributed by atoms with E-state index in [1.807, 2.05) is 18.7 Å². The van der Waals surface area contributed by atoms with Crippen molar-refractivity contribution < 1.29 is 9.53 Å². The van der Waals surface area contributed by atoms with Gasteiger partial charge >= 0.3 is 0 Å². The second-order valence-corrected chi connectivity index (χ2v) is 5.81. The lowest BCUT2D eigenvalue weighted by Crippen LogP contribution is -2.47. The van der Waals surface area contributed by atoms with Crippen LogP contribution in [0.1, 0.15) is 24.2 Å². The van der Waals surface area contributed by atoms with Crippen molar-refractivity contribution in [3.8, 4) is 5.75 Å². The number of hydrogen-bond acceptors (Lipinski definition) is 3. The number of hydrogen-bond donors (Lipinski definition) is 0. The number of carbonyl (C=O) groups is 1. The fourth-order valence-electron chi connectivity index (χ4n) is 2.18. The Morgan fingerprint density at radius 3 is 2.45 bits per heavy atom. The summed E-state index contributed by atoms with van der Waals surface area (Å²) < 4.78 is 5.58. The summed E-state index contributed by atoms with van der Waals surface area (Å²) in [5.74, 6) is 0.660. The fourth-order valence-corrected chi connectivity index (χ4v) is 2.40. The number of nitrogens with zero attached hydrogens (tertiary/aromatic N) is 2. The molecule has 0 unspecified atom stereocenters. The zero-order valence-electron chi connectivity index (χ0n) is 12.2. The summed E-state index contributed by atoms with van der Waals surface area (Å²) in [6.07, 6.45) is 0.0617. The molecule has 5 heteroatoms. The zero-order valence-corrected chi connectivity index (χ0v) is 13.0. The quantitative estimate of drug-likeness (QED) is 0.859. The van der Waals surface area contributed by atoms with Gasteiger partial charge in [0.25, 0.3) is 5.91 Å². The third-order valence-corrected chi connectivity index (χ3v) is 3.63. The molecule has 1 fully saturated rings. The molecule has 1 aliphatic heterocycles. The molecule has 110 valence electrons. The third-order valence-electron chi connectivity index (χ3n) is 3.33. The lowest BCUT2D eigenvalue weighted by Gasteiger charge is -2.32. The number of benzene rings is 1. The van der Waals surface area contributed by atoms with Crippen LogP contribution in [0.15, 0.2) is 18.2 Å². The van der Waals surface area contributed by atoms with Crippen molar-refractivity contribution in [2.75, 3.05) is 33.2 Å². The van der Waals surface area contributed by atoms with Crippen LogP contribution in [0.3, 0.4) is 0 Å². The molecular formula is C15H21ClN2O2. The Morgan fingerprint density at radius 1 is 1.25 bits per heavy atom. The molecule has 0 spiro atoms. The largest absolute Gasteiger partial charge is 0.489 e. The highest BCUT2D eigenvalue weighted by Gasteiger charge is 2.21. The molecule has 2 rings (SSSR count). The van der Waals surface area contributed by atoms with E-state index in [2.05, 4.69) is 11.9 Å². The van der Waals surface area contributed by atoms with Crippen LogP contribution in [0.25, 0.3) is 0 Å². The predicted molar refractivity (Wildman–Crippen MR) is 80.6 cm³/mol. The first-order valence-electron chi connectivity index (χ1n) is 6.91. The monoisotopic (exact) mass is 296 g/mol. The number of carbonyl (C=O) groups excluding carboxylic acids is 1. The molecule has 0 aliphatic carbocycles. The number of rotatable bonds is 3. The van der Waals surface area contributed by atoms with Crippen molar-refractivity contribution in [1.29, 1.82) is 0 Å². The molecule has 4 nitrogen and oxygen atoms in total. The summed E-state index contributed by atoms with van der Waals surface area (Å²) in [6.45, 7) is 7.23. The van der Waals surface area contributed by atoms with E-state index in [1.165, 1.54) is 0 Å². The van der Waals surface area contributed by atoms with Crippen molar-refractivity contribution >= 4 is 17.5 Å². The number of ether oxygens (including phenoxy) is 1. The second kappa shape index (κ2) is 6.46. The summed E-state index contributed by atoms with van der Waals surface area (Å²) in [4.78, 5) is 16.5. The number of halogens is 1. The normalized spacial score (nSPS) is 16.6. The lowest BCUT2D eigenvalue weighted by molar-refractivity contribution is 0.0664. The Hall–Kier alpha value is -1.26. The third kappa shape index (κ3) is 3.64. The first-order chi connectivity index (χ1) is 9.47. The van der Waals surface area contributed by atoms with Gasteiger partial charge in [0.15, 0.2) is 0 Å². The van der Waals surface area contributed by atoms with Gasteiger partial charge in [-0.25, -0.2) is 0 Å². The molecule has 0 aromatic heterocycles. The van der Waals surface area contributed by atoms with E-state index in [9.17, 15) is 4.79 Å². The first-order valence-corrected chi connectivity index (χ1v) is 7.29. The highest BCUT2D eigenvalue weighted by atomic mass is 35.5. The SMILES string of the molecule is CC(C)Oc1ccc(C(=O)N2CCN(C)CC2)cc1Cl. The number of amides is 1. The van der Waals surface area contributed by atoms with Gasteiger partial charge in [-0.15, -0.1) is 0 Å². The predicted octanol–water partition coefficient (Wildman–Crippen LogP) is 2.51. The van der Waals surface area contributed by atoms with E-state index in [0.29, 0.717) is 16.3 Å². The van der Waals surface area contributed by atoms with E-state index in [0.717, 1.165) is 26.2 Å². The van der Waals surface area contributed by atoms with Crippen LogP contribution in [0.4, 0.5) is 0 Å². The van der Waals surface area contributed by atoms with Gasteiger partial charge in [0, 0.05) is 31.7 Å². The fraction of sp³-hybridized carbons (Fsp3) is 0.533. The molecule has 20 heavy (non-hydrogen) atoms. The minimum atomic E-state index is 0.0381. The van der Waals surface area contributed by atoms with E-state index < -0.39 is 0 Å². The van der Waals surface area contributed by atoms with E-state index in [1.54, 1.807) is 18.2 Å². The van der Waals surface area contributed by atoms with Crippen LogP contribution >= 0.6 is 11.6 Å². The van der Waals surface area contributed by atoms with Gasteiger partial charge in [0.2, 0.25) is 0 Å². The molecular weight excluding hydrogens is 276 g/mol. The van der Waals surface area contributed by atoms with Gasteiger partial charge in [-0.3, -0.25) is 4.79 Å². The smallest absolute Gasteiger partial charge is 0.253 e. The zero-order chi connectivity index (χ0) is 14.7. The van der Waals surface area contributed by atoms with Crippen molar-refractivity contribution in [3.63, 3.8) is 0 Å². The summed E-state index contributed by atoms with van der Waals surface area (Å²) >= 11 is 6.18. The van der Waals surface area contributed by atoms with Crippen molar-refractivity contribution in [1.82, 2.24) is 9.80 Å². The number of likely N-dealkylation sites (N-methyl/N-ethyl adjacent to an activating group) is 1. The van der Waals surface area contributed by atoms with Crippen LogP contribution in [-0.4, -0.2) is 55.0 Å². The van der Waals surface area contributed by atoms with Gasteiger partial charge in [-0.1, -0.05) is 11.6 Å². The van der Waals surface area contributed by atoms with E-state index in [-0.39, 0.29) is 12.0 Å². The highest BCUT2D eigenvalue weighted by Crippen LogP contribution is 2.27. The Morgan fingerprint density at radius 2 is 1.90 bits per heavy atom. The molecule has 1 amide bonds. The molecule has 0 saturated carbocycles. The highest BCUT2D eigenvalue weighted by molar-refractivity contribution is 6.32. The molecule has 0 bridgehead atoms. The topological polar surface area (TPSA) is 32.8 Å². The molecule has 1 aromatic rings. The Labute approximate surface area is 125 Å². The van der Waals surface area contributed by atoms with E-state index in [4.69, 9.17) is 16.3 Å². The average molecular weight is 297 g/mol. The molecule has 0 N–H and O–H groups in total. The van der Waals surface area contributed by atoms with E-state index >= 15 is 0 Å². The Bertz CT molecular complexity index is 483. The maximum Gasteiger partial charge on any atom is 0.253 e. The summed E-state index contributed by atoms with van der Waals surface area (Å²) in [6, 6.07) is 5.25. The van der Waals surface area contributed by atoms with Gasteiger partial charge < -0.3 is 14.5 Å². The van der Waals surface area contributed by atoms with Crippen LogP contribution in [0.2, 0.25) is 5.02 Å². The van der Waals surface area contributed by atoms with Crippen molar-refractivity contribution in [2.24, 2.45) is 0 Å². The average Bonchev–Trinajstić information content (AvgIpc) is 2.41. The molecule has 1 heterocycles. The molecule has 0 radical (unpaired) electrons. The molecule has 1 saturated heterocycles. The van der Waals surface area contributed by atoms with Crippen LogP contribution in [0, 0.1) is 0 Å². The maximum atomic E-state index is 12.4.